The Morgan fingerprint density at radius 2 is 1.88 bits per heavy atom. The van der Waals surface area contributed by atoms with Gasteiger partial charge in [0.05, 0.1) is 11.3 Å². The molecule has 0 aliphatic rings. The van der Waals surface area contributed by atoms with E-state index in [2.05, 4.69) is 5.32 Å². The SMILES string of the molecule is CN(CCCNc1cc(=O)oc2ccccc12)C(=O)c1ccccc1F. The van der Waals surface area contributed by atoms with E-state index in [1.807, 2.05) is 12.1 Å². The number of carbonyl (C=O) groups is 1. The van der Waals surface area contributed by atoms with Gasteiger partial charge in [0.25, 0.3) is 5.91 Å². The zero-order valence-corrected chi connectivity index (χ0v) is 14.4. The van der Waals surface area contributed by atoms with Crippen LogP contribution in [0.25, 0.3) is 11.0 Å². The number of nitrogens with one attached hydrogen (secondary N) is 1. The summed E-state index contributed by atoms with van der Waals surface area (Å²) in [6.07, 6.45) is 0.644. The van der Waals surface area contributed by atoms with Crippen LogP contribution in [0.2, 0.25) is 0 Å². The molecule has 1 N–H and O–H groups in total. The molecule has 1 heterocycles. The highest BCUT2D eigenvalue weighted by Gasteiger charge is 2.15. The zero-order valence-electron chi connectivity index (χ0n) is 14.4. The average Bonchev–Trinajstić information content (AvgIpc) is 2.64. The zero-order chi connectivity index (χ0) is 18.5. The van der Waals surface area contributed by atoms with E-state index in [9.17, 15) is 14.0 Å². The van der Waals surface area contributed by atoms with Crippen LogP contribution in [0.4, 0.5) is 10.1 Å². The lowest BCUT2D eigenvalue weighted by Crippen LogP contribution is -2.29. The second-order valence-corrected chi connectivity index (χ2v) is 5.96. The number of amides is 1. The fourth-order valence-corrected chi connectivity index (χ4v) is 2.74. The summed E-state index contributed by atoms with van der Waals surface area (Å²) in [6, 6.07) is 14.6. The van der Waals surface area contributed by atoms with Crippen LogP contribution in [0.5, 0.6) is 0 Å². The maximum atomic E-state index is 13.7. The van der Waals surface area contributed by atoms with Crippen molar-refractivity contribution in [1.29, 1.82) is 0 Å². The average molecular weight is 354 g/mol. The Morgan fingerprint density at radius 1 is 1.15 bits per heavy atom. The molecule has 0 atom stereocenters. The molecule has 0 unspecified atom stereocenters. The fraction of sp³-hybridized carbons (Fsp3) is 0.200. The molecule has 6 heteroatoms. The van der Waals surface area contributed by atoms with Crippen LogP contribution in [0, 0.1) is 5.82 Å². The number of fused-ring (bicyclic) bond motifs is 1. The first-order valence-electron chi connectivity index (χ1n) is 8.33. The molecule has 134 valence electrons. The van der Waals surface area contributed by atoms with Gasteiger partial charge in [-0.1, -0.05) is 24.3 Å². The molecular formula is C20H19FN2O3. The monoisotopic (exact) mass is 354 g/mol. The van der Waals surface area contributed by atoms with E-state index in [1.54, 1.807) is 31.3 Å². The lowest BCUT2D eigenvalue weighted by atomic mass is 10.2. The highest BCUT2D eigenvalue weighted by atomic mass is 19.1. The summed E-state index contributed by atoms with van der Waals surface area (Å²) in [7, 11) is 1.64. The molecule has 3 aromatic rings. The van der Waals surface area contributed by atoms with Crippen molar-refractivity contribution in [2.24, 2.45) is 0 Å². The second-order valence-electron chi connectivity index (χ2n) is 5.96. The van der Waals surface area contributed by atoms with Crippen molar-refractivity contribution in [3.05, 3.63) is 76.4 Å². The van der Waals surface area contributed by atoms with Gasteiger partial charge in [-0.3, -0.25) is 4.79 Å². The Morgan fingerprint density at radius 3 is 2.69 bits per heavy atom. The van der Waals surface area contributed by atoms with Crippen molar-refractivity contribution in [3.8, 4) is 0 Å². The molecule has 0 saturated heterocycles. The predicted octanol–water partition coefficient (Wildman–Crippen LogP) is 3.51. The molecular weight excluding hydrogens is 335 g/mol. The number of rotatable bonds is 6. The molecule has 0 radical (unpaired) electrons. The van der Waals surface area contributed by atoms with E-state index < -0.39 is 11.4 Å². The van der Waals surface area contributed by atoms with Crippen LogP contribution in [0.15, 0.2) is 63.8 Å². The van der Waals surface area contributed by atoms with E-state index >= 15 is 0 Å². The van der Waals surface area contributed by atoms with E-state index in [1.165, 1.54) is 23.1 Å². The first-order valence-corrected chi connectivity index (χ1v) is 8.33. The van der Waals surface area contributed by atoms with E-state index in [0.717, 1.165) is 5.39 Å². The van der Waals surface area contributed by atoms with Crippen LogP contribution in [-0.4, -0.2) is 30.9 Å². The molecule has 0 saturated carbocycles. The summed E-state index contributed by atoms with van der Waals surface area (Å²) in [6.45, 7) is 1.02. The van der Waals surface area contributed by atoms with Crippen molar-refractivity contribution < 1.29 is 13.6 Å². The highest BCUT2D eigenvalue weighted by molar-refractivity contribution is 5.94. The molecule has 0 aliphatic carbocycles. The Hall–Kier alpha value is -3.15. The van der Waals surface area contributed by atoms with Crippen molar-refractivity contribution in [1.82, 2.24) is 4.90 Å². The highest BCUT2D eigenvalue weighted by Crippen LogP contribution is 2.20. The molecule has 26 heavy (non-hydrogen) atoms. The Labute approximate surface area is 150 Å². The number of halogens is 1. The molecule has 0 fully saturated rings. The topological polar surface area (TPSA) is 62.6 Å². The van der Waals surface area contributed by atoms with Gasteiger partial charge in [0.1, 0.15) is 11.4 Å². The summed E-state index contributed by atoms with van der Waals surface area (Å²) in [5, 5.41) is 4.02. The number of para-hydroxylation sites is 1. The molecule has 0 spiro atoms. The Balaban J connectivity index is 1.58. The molecule has 0 aliphatic heterocycles. The predicted molar refractivity (Wildman–Crippen MR) is 99.0 cm³/mol. The van der Waals surface area contributed by atoms with Crippen molar-refractivity contribution >= 4 is 22.6 Å². The first kappa shape index (κ1) is 17.7. The van der Waals surface area contributed by atoms with Crippen molar-refractivity contribution in [2.75, 3.05) is 25.5 Å². The van der Waals surface area contributed by atoms with E-state index in [4.69, 9.17) is 4.42 Å². The fourth-order valence-electron chi connectivity index (χ4n) is 2.74. The van der Waals surface area contributed by atoms with Gasteiger partial charge in [-0.25, -0.2) is 9.18 Å². The van der Waals surface area contributed by atoms with Gasteiger partial charge < -0.3 is 14.6 Å². The van der Waals surface area contributed by atoms with E-state index in [-0.39, 0.29) is 11.5 Å². The minimum Gasteiger partial charge on any atom is -0.423 e. The van der Waals surface area contributed by atoms with Gasteiger partial charge in [-0.2, -0.15) is 0 Å². The number of hydrogen-bond donors (Lipinski definition) is 1. The molecule has 3 rings (SSSR count). The minimum atomic E-state index is -0.523. The number of nitrogens with zero attached hydrogens (tertiary/aromatic N) is 1. The Kier molecular flexibility index (Phi) is 5.31. The second kappa shape index (κ2) is 7.82. The Bertz CT molecular complexity index is 984. The molecule has 2 aromatic carbocycles. The standard InChI is InChI=1S/C20H19FN2O3/c1-23(20(25)14-7-2-4-9-16(14)21)12-6-11-22-17-13-19(24)26-18-10-5-3-8-15(17)18/h2-5,7-10,13,22H,6,11-12H2,1H3. The number of carbonyl (C=O) groups excluding carboxylic acids is 1. The quantitative estimate of drug-likeness (QED) is 0.544. The van der Waals surface area contributed by atoms with Crippen LogP contribution in [0.1, 0.15) is 16.8 Å². The number of anilines is 1. The van der Waals surface area contributed by atoms with Crippen LogP contribution >= 0.6 is 0 Å². The molecule has 1 aromatic heterocycles. The normalized spacial score (nSPS) is 10.7. The minimum absolute atomic E-state index is 0.0645. The van der Waals surface area contributed by atoms with Crippen LogP contribution in [-0.2, 0) is 0 Å². The first-order chi connectivity index (χ1) is 12.6. The van der Waals surface area contributed by atoms with Gasteiger partial charge in [0.2, 0.25) is 0 Å². The third-order valence-corrected chi connectivity index (χ3v) is 4.09. The summed E-state index contributed by atoms with van der Waals surface area (Å²) in [5.41, 5.74) is 0.863. The lowest BCUT2D eigenvalue weighted by molar-refractivity contribution is 0.0790. The maximum Gasteiger partial charge on any atom is 0.338 e. The summed E-state index contributed by atoms with van der Waals surface area (Å²) in [4.78, 5) is 25.4. The van der Waals surface area contributed by atoms with E-state index in [0.29, 0.717) is 30.8 Å². The van der Waals surface area contributed by atoms with Gasteiger partial charge in [0, 0.05) is 31.6 Å². The van der Waals surface area contributed by atoms with Gasteiger partial charge >= 0.3 is 5.63 Å². The van der Waals surface area contributed by atoms with Gasteiger partial charge in [-0.05, 0) is 30.7 Å². The van der Waals surface area contributed by atoms with Gasteiger partial charge in [-0.15, -0.1) is 0 Å². The third-order valence-electron chi connectivity index (χ3n) is 4.09. The van der Waals surface area contributed by atoms with Crippen LogP contribution < -0.4 is 10.9 Å². The van der Waals surface area contributed by atoms with Gasteiger partial charge in [0.15, 0.2) is 0 Å². The molecule has 0 bridgehead atoms. The third kappa shape index (κ3) is 3.91. The largest absolute Gasteiger partial charge is 0.423 e. The summed E-state index contributed by atoms with van der Waals surface area (Å²) >= 11 is 0. The molecule has 5 nitrogen and oxygen atoms in total. The maximum absolute atomic E-state index is 13.7. The van der Waals surface area contributed by atoms with Crippen LogP contribution in [0.3, 0.4) is 0 Å². The lowest BCUT2D eigenvalue weighted by Gasteiger charge is -2.18. The summed E-state index contributed by atoms with van der Waals surface area (Å²) < 4.78 is 18.9. The van der Waals surface area contributed by atoms with Crippen molar-refractivity contribution in [3.63, 3.8) is 0 Å². The van der Waals surface area contributed by atoms with Crippen molar-refractivity contribution in [2.45, 2.75) is 6.42 Å². The number of benzene rings is 2. The molecule has 1 amide bonds. The number of hydrogen-bond acceptors (Lipinski definition) is 4. The smallest absolute Gasteiger partial charge is 0.338 e. The summed E-state index contributed by atoms with van der Waals surface area (Å²) in [5.74, 6) is -0.876.